The van der Waals surface area contributed by atoms with Crippen molar-refractivity contribution in [1.29, 1.82) is 0 Å². The van der Waals surface area contributed by atoms with Crippen molar-refractivity contribution in [3.05, 3.63) is 120 Å². The van der Waals surface area contributed by atoms with Gasteiger partial charge in [-0.25, -0.2) is 14.2 Å². The Kier molecular flexibility index (Phi) is 13.0. The largest absolute Gasteiger partial charge is 0.479 e. The summed E-state index contributed by atoms with van der Waals surface area (Å²) in [6, 6.07) is 31.5. The third kappa shape index (κ3) is 9.28. The first-order chi connectivity index (χ1) is 29.3. The minimum absolute atomic E-state index is 0. The van der Waals surface area contributed by atoms with E-state index in [4.69, 9.17) is 10.2 Å². The highest BCUT2D eigenvalue weighted by Gasteiger charge is 2.50. The quantitative estimate of drug-likeness (QED) is 0.156. The molecule has 0 atom stereocenters. The monoisotopic (exact) mass is 861 g/mol. The van der Waals surface area contributed by atoms with Crippen LogP contribution in [-0.2, 0) is 9.59 Å². The van der Waals surface area contributed by atoms with Gasteiger partial charge in [0.2, 0.25) is 0 Å². The van der Waals surface area contributed by atoms with Gasteiger partial charge in [0.25, 0.3) is 11.8 Å². The summed E-state index contributed by atoms with van der Waals surface area (Å²) in [7, 11) is 0. The molecule has 4 aromatic carbocycles. The molecule has 0 bridgehead atoms. The van der Waals surface area contributed by atoms with E-state index < -0.39 is 17.2 Å². The number of hydrogen-bond donors (Lipinski definition) is 4. The van der Waals surface area contributed by atoms with Crippen LogP contribution in [0.3, 0.4) is 0 Å². The number of aromatic nitrogens is 4. The predicted molar refractivity (Wildman–Crippen MR) is 237 cm³/mol. The lowest BCUT2D eigenvalue weighted by Gasteiger charge is -2.32. The third-order valence-electron chi connectivity index (χ3n) is 12.1. The number of nitrogens with one attached hydrogen (secondary N) is 1. The van der Waals surface area contributed by atoms with E-state index in [2.05, 4.69) is 33.7 Å². The molecule has 2 aliphatic heterocycles. The summed E-state index contributed by atoms with van der Waals surface area (Å²) in [5, 5.41) is 41.5. The number of nitrogens with zero attached hydrogens (tertiary/aromatic N) is 6. The number of amides is 2. The Hall–Kier alpha value is -5.93. The Morgan fingerprint density at radius 3 is 1.39 bits per heavy atom. The molecule has 0 spiro atoms. The van der Waals surface area contributed by atoms with Crippen molar-refractivity contribution in [1.82, 2.24) is 34.7 Å². The lowest BCUT2D eigenvalue weighted by Crippen LogP contribution is -2.46. The molecule has 15 heteroatoms. The molecule has 2 aromatic heterocycles. The second kappa shape index (κ2) is 18.2. The zero-order valence-corrected chi connectivity index (χ0v) is 35.7. The van der Waals surface area contributed by atoms with Gasteiger partial charge >= 0.3 is 5.97 Å². The highest BCUT2D eigenvalue weighted by Crippen LogP contribution is 2.40. The van der Waals surface area contributed by atoms with Crippen LogP contribution in [0.5, 0.6) is 0 Å². The number of hydrogen-bond acceptors (Lipinski definition) is 9. The maximum Gasteiger partial charge on any atom is 0.335 e. The molecule has 4 aliphatic rings. The number of aliphatic carboxylic acids is 1. The zero-order valence-electron chi connectivity index (χ0n) is 34.9. The van der Waals surface area contributed by atoms with Crippen LogP contribution in [0.4, 0.5) is 0 Å². The number of rotatable bonds is 7. The van der Waals surface area contributed by atoms with Crippen molar-refractivity contribution >= 4 is 57.8 Å². The van der Waals surface area contributed by atoms with E-state index in [9.17, 15) is 24.3 Å². The van der Waals surface area contributed by atoms with Gasteiger partial charge in [-0.05, 0) is 113 Å². The van der Waals surface area contributed by atoms with Crippen molar-refractivity contribution in [2.45, 2.75) is 63.6 Å². The number of benzene rings is 4. The number of piperidine rings is 1. The number of carbonyl (C=O) groups is 4. The van der Waals surface area contributed by atoms with Crippen molar-refractivity contribution in [3.8, 4) is 11.4 Å². The average Bonchev–Trinajstić information content (AvgIpc) is 4.19. The van der Waals surface area contributed by atoms with E-state index in [0.717, 1.165) is 76.3 Å². The normalized spacial score (nSPS) is 17.5. The number of para-hydroxylation sites is 2. The summed E-state index contributed by atoms with van der Waals surface area (Å²) in [5.74, 6) is -1.16. The second-order valence-corrected chi connectivity index (χ2v) is 16.5. The molecular formula is C47H52ClN7O7. The summed E-state index contributed by atoms with van der Waals surface area (Å²) in [6.45, 7) is 8.37. The molecular weight excluding hydrogens is 810 g/mol. The molecule has 14 nitrogen and oxygen atoms in total. The van der Waals surface area contributed by atoms with Crippen LogP contribution in [0.25, 0.3) is 33.2 Å². The summed E-state index contributed by atoms with van der Waals surface area (Å²) in [6.07, 6.45) is 3.27. The molecule has 2 saturated heterocycles. The summed E-state index contributed by atoms with van der Waals surface area (Å²) in [4.78, 5) is 51.3. The van der Waals surface area contributed by atoms with Gasteiger partial charge in [0.15, 0.2) is 11.4 Å². The molecule has 2 amide bonds. The number of aryl methyl sites for hydroxylation is 2. The number of carboxylic acid groups (broad SMARTS) is 1. The van der Waals surface area contributed by atoms with Crippen LogP contribution in [0.1, 0.15) is 70.6 Å². The highest BCUT2D eigenvalue weighted by atomic mass is 35.5. The van der Waals surface area contributed by atoms with Gasteiger partial charge in [-0.1, -0.05) is 36.4 Å². The third-order valence-corrected chi connectivity index (χ3v) is 12.1. The number of fused-ring (bicyclic) bond motifs is 2. The van der Waals surface area contributed by atoms with Gasteiger partial charge in [0.1, 0.15) is 5.60 Å². The first-order valence-corrected chi connectivity index (χ1v) is 21.0. The van der Waals surface area contributed by atoms with Crippen LogP contribution in [0.15, 0.2) is 97.1 Å². The number of carbonyl (C=O) groups excluding carboxylic acids is 3. The van der Waals surface area contributed by atoms with Gasteiger partial charge in [-0.15, -0.1) is 12.4 Å². The van der Waals surface area contributed by atoms with Crippen molar-refractivity contribution in [2.24, 2.45) is 5.92 Å². The number of piperazine rings is 1. The van der Waals surface area contributed by atoms with Crippen molar-refractivity contribution in [2.75, 3.05) is 39.3 Å². The average molecular weight is 862 g/mol. The van der Waals surface area contributed by atoms with Gasteiger partial charge in [-0.3, -0.25) is 14.4 Å². The van der Waals surface area contributed by atoms with Crippen molar-refractivity contribution < 1.29 is 34.5 Å². The Balaban J connectivity index is 0.000000162. The molecule has 4 fully saturated rings. The summed E-state index contributed by atoms with van der Waals surface area (Å²) in [5.41, 5.74) is 4.95. The molecule has 2 aliphatic carbocycles. The molecule has 2 saturated carbocycles. The maximum absolute atomic E-state index is 12.9. The Bertz CT molecular complexity index is 2580. The zero-order chi connectivity index (χ0) is 42.9. The number of ketones is 1. The molecule has 324 valence electrons. The van der Waals surface area contributed by atoms with Crippen molar-refractivity contribution in [3.63, 3.8) is 0 Å². The predicted octanol–water partition coefficient (Wildman–Crippen LogP) is 5.68. The first-order valence-electron chi connectivity index (χ1n) is 21.0. The highest BCUT2D eigenvalue weighted by molar-refractivity contribution is 5.96. The van der Waals surface area contributed by atoms with Crippen LogP contribution in [0, 0.1) is 19.8 Å². The molecule has 4 N–H and O–H groups in total. The lowest BCUT2D eigenvalue weighted by molar-refractivity contribution is -0.149. The first kappa shape index (κ1) is 44.1. The fourth-order valence-corrected chi connectivity index (χ4v) is 7.98. The van der Waals surface area contributed by atoms with E-state index in [-0.39, 0.29) is 35.9 Å². The van der Waals surface area contributed by atoms with E-state index in [1.807, 2.05) is 112 Å². The van der Waals surface area contributed by atoms with Crippen LogP contribution >= 0.6 is 12.4 Å². The second-order valence-electron chi connectivity index (χ2n) is 16.5. The van der Waals surface area contributed by atoms with Crippen LogP contribution in [-0.4, -0.2) is 119 Å². The van der Waals surface area contributed by atoms with Crippen LogP contribution in [0.2, 0.25) is 0 Å². The number of Topliss-reactive ketones (excluding diaryl/α,β-unsaturated/α-hetero) is 1. The smallest absolute Gasteiger partial charge is 0.335 e. The van der Waals surface area contributed by atoms with Gasteiger partial charge in [0.05, 0.1) is 33.8 Å². The molecule has 4 heterocycles. The van der Waals surface area contributed by atoms with E-state index in [1.54, 1.807) is 0 Å². The summed E-state index contributed by atoms with van der Waals surface area (Å²) < 4.78 is 3.84. The number of likely N-dealkylation sites (tertiary alicyclic amines) is 1. The minimum atomic E-state index is -1.33. The van der Waals surface area contributed by atoms with E-state index in [0.29, 0.717) is 57.2 Å². The van der Waals surface area contributed by atoms with Gasteiger partial charge in [-0.2, -0.15) is 10.2 Å². The minimum Gasteiger partial charge on any atom is -0.479 e. The Morgan fingerprint density at radius 1 is 0.597 bits per heavy atom. The number of halogens is 1. The standard InChI is InChI=1S/C24H25N3O3.C19H20N4O.C4H6O3.ClH/c1-16-20-4-2-3-5-21(20)27(25-16)19-8-6-18(7-9-19)23(29)26-14-10-17(11-15-26)22(28)24(30)12-13-24;1-14-17-4-2-3-5-18(17)23(21-14)16-8-6-15(7-9-16)19(24)22-12-10-20-11-13-22;5-3(6)4(7)1-2-4;/h2-9,17,30H,10-15H2,1H3;2-9,20H,10-13H2,1H3;7H,1-2H2,(H,5,6);1H. The fourth-order valence-electron chi connectivity index (χ4n) is 7.98. The number of carboxylic acids is 1. The molecule has 10 rings (SSSR count). The Labute approximate surface area is 365 Å². The molecule has 0 unspecified atom stereocenters. The van der Waals surface area contributed by atoms with E-state index >= 15 is 0 Å². The fraction of sp³-hybridized carbons (Fsp3) is 0.362. The number of aliphatic hydroxyl groups is 2. The van der Waals surface area contributed by atoms with Gasteiger partial charge < -0.3 is 30.4 Å². The molecule has 6 aromatic rings. The Morgan fingerprint density at radius 2 is 1.00 bits per heavy atom. The SMILES string of the molecule is Cc1nn(-c2ccc(C(=O)N3CCC(C(=O)C4(O)CC4)CC3)cc2)c2ccccc12.Cc1nn(-c2ccc(C(=O)N3CCNCC3)cc2)c2ccccc12.Cl.O=C(O)C1(O)CC1. The van der Waals surface area contributed by atoms with Gasteiger partial charge in [0, 0.05) is 67.1 Å². The topological polar surface area (TPSA) is 183 Å². The van der Waals surface area contributed by atoms with E-state index in [1.165, 1.54) is 0 Å². The summed E-state index contributed by atoms with van der Waals surface area (Å²) >= 11 is 0. The maximum atomic E-state index is 12.9. The van der Waals surface area contributed by atoms with Crippen LogP contribution < -0.4 is 5.32 Å². The molecule has 0 radical (unpaired) electrons. The molecule has 62 heavy (non-hydrogen) atoms. The lowest BCUT2D eigenvalue weighted by atomic mass is 9.88.